The van der Waals surface area contributed by atoms with Crippen molar-refractivity contribution in [1.82, 2.24) is 5.32 Å². The van der Waals surface area contributed by atoms with E-state index in [0.29, 0.717) is 0 Å². The molecule has 1 aliphatic heterocycles. The van der Waals surface area contributed by atoms with Crippen molar-refractivity contribution >= 4 is 5.91 Å². The topological polar surface area (TPSA) is 78.9 Å². The molecule has 0 aromatic heterocycles. The highest BCUT2D eigenvalue weighted by molar-refractivity contribution is 5.90. The summed E-state index contributed by atoms with van der Waals surface area (Å²) in [6, 6.07) is 0.771. The minimum absolute atomic E-state index is 0.239. The van der Waals surface area contributed by atoms with E-state index in [4.69, 9.17) is 11.0 Å². The van der Waals surface area contributed by atoms with E-state index < -0.39 is 12.1 Å². The molecule has 8 heavy (non-hydrogen) atoms. The number of carbonyl (C=O) groups excluding carboxylic acids is 1. The van der Waals surface area contributed by atoms with Crippen LogP contribution in [0.4, 0.5) is 0 Å². The summed E-state index contributed by atoms with van der Waals surface area (Å²) in [4.78, 5) is 10.2. The second-order valence-electron chi connectivity index (χ2n) is 1.64. The standard InChI is InChI=1S/C4H5N3O/c5-1-2-3(6)4(8)7-2/h2-3H,6H2,(H,7,8)/t2-,3+/m0/s1. The monoisotopic (exact) mass is 111 g/mol. The summed E-state index contributed by atoms with van der Waals surface area (Å²) < 4.78 is 0. The van der Waals surface area contributed by atoms with Crippen LogP contribution in [0.3, 0.4) is 0 Å². The molecule has 0 spiro atoms. The van der Waals surface area contributed by atoms with Crippen molar-refractivity contribution in [3.05, 3.63) is 0 Å². The van der Waals surface area contributed by atoms with Crippen LogP contribution in [0.5, 0.6) is 0 Å². The third-order valence-electron chi connectivity index (χ3n) is 1.10. The minimum atomic E-state index is -0.597. The van der Waals surface area contributed by atoms with Gasteiger partial charge in [0.1, 0.15) is 12.1 Å². The lowest BCUT2D eigenvalue weighted by atomic mass is 10.0. The summed E-state index contributed by atoms with van der Waals surface area (Å²) in [6.45, 7) is 0. The Hall–Kier alpha value is -1.08. The number of rotatable bonds is 0. The van der Waals surface area contributed by atoms with Crippen molar-refractivity contribution in [3.8, 4) is 6.07 Å². The Morgan fingerprint density at radius 3 is 2.62 bits per heavy atom. The normalized spacial score (nSPS) is 34.8. The first-order valence-corrected chi connectivity index (χ1v) is 2.21. The Morgan fingerprint density at radius 1 is 1.88 bits per heavy atom. The van der Waals surface area contributed by atoms with Gasteiger partial charge in [0.15, 0.2) is 0 Å². The molecule has 0 aromatic carbocycles. The van der Waals surface area contributed by atoms with Crippen LogP contribution in [-0.4, -0.2) is 18.0 Å². The number of nitrogens with two attached hydrogens (primary N) is 1. The molecule has 1 saturated heterocycles. The highest BCUT2D eigenvalue weighted by atomic mass is 16.2. The van der Waals surface area contributed by atoms with Gasteiger partial charge in [0.05, 0.1) is 6.07 Å². The lowest BCUT2D eigenvalue weighted by molar-refractivity contribution is -0.128. The minimum Gasteiger partial charge on any atom is -0.337 e. The molecule has 42 valence electrons. The Labute approximate surface area is 46.3 Å². The van der Waals surface area contributed by atoms with Gasteiger partial charge in [-0.15, -0.1) is 0 Å². The van der Waals surface area contributed by atoms with Gasteiger partial charge in [0, 0.05) is 0 Å². The maximum atomic E-state index is 10.2. The van der Waals surface area contributed by atoms with E-state index in [1.165, 1.54) is 0 Å². The van der Waals surface area contributed by atoms with E-state index >= 15 is 0 Å². The van der Waals surface area contributed by atoms with Crippen LogP contribution in [0.25, 0.3) is 0 Å². The van der Waals surface area contributed by atoms with Gasteiger partial charge in [-0.1, -0.05) is 0 Å². The molecule has 1 amide bonds. The Kier molecular flexibility index (Phi) is 0.922. The molecule has 1 fully saturated rings. The maximum Gasteiger partial charge on any atom is 0.241 e. The van der Waals surface area contributed by atoms with Crippen molar-refractivity contribution in [2.45, 2.75) is 12.1 Å². The van der Waals surface area contributed by atoms with Crippen molar-refractivity contribution in [1.29, 1.82) is 5.26 Å². The molecule has 3 N–H and O–H groups in total. The summed E-state index contributed by atoms with van der Waals surface area (Å²) in [6.07, 6.45) is 0. The van der Waals surface area contributed by atoms with Crippen LogP contribution >= 0.6 is 0 Å². The molecule has 0 bridgehead atoms. The van der Waals surface area contributed by atoms with Crippen molar-refractivity contribution in [3.63, 3.8) is 0 Å². The molecule has 1 aliphatic rings. The predicted octanol–water partition coefficient (Wildman–Crippen LogP) is -1.66. The zero-order chi connectivity index (χ0) is 6.15. The van der Waals surface area contributed by atoms with Crippen LogP contribution in [0, 0.1) is 11.3 Å². The van der Waals surface area contributed by atoms with Crippen LogP contribution in [-0.2, 0) is 4.79 Å². The fourth-order valence-corrected chi connectivity index (χ4v) is 0.507. The second kappa shape index (κ2) is 1.46. The zero-order valence-electron chi connectivity index (χ0n) is 4.09. The number of amides is 1. The molecule has 1 rings (SSSR count). The van der Waals surface area contributed by atoms with Crippen LogP contribution < -0.4 is 11.1 Å². The Balaban J connectivity index is 2.50. The van der Waals surface area contributed by atoms with Gasteiger partial charge in [-0.3, -0.25) is 4.79 Å². The first-order chi connectivity index (χ1) is 3.75. The van der Waals surface area contributed by atoms with Gasteiger partial charge < -0.3 is 11.1 Å². The number of nitrogens with zero attached hydrogens (tertiary/aromatic N) is 1. The summed E-state index contributed by atoms with van der Waals surface area (Å²) in [7, 11) is 0. The first-order valence-electron chi connectivity index (χ1n) is 2.21. The van der Waals surface area contributed by atoms with E-state index in [9.17, 15) is 4.79 Å². The summed E-state index contributed by atoms with van der Waals surface area (Å²) in [5.74, 6) is -0.239. The Bertz CT molecular complexity index is 159. The number of hydrogen-bond acceptors (Lipinski definition) is 3. The fourth-order valence-electron chi connectivity index (χ4n) is 0.507. The highest BCUT2D eigenvalue weighted by Gasteiger charge is 2.35. The van der Waals surface area contributed by atoms with E-state index in [1.807, 2.05) is 6.07 Å². The molecule has 4 nitrogen and oxygen atoms in total. The lowest BCUT2D eigenvalue weighted by Crippen LogP contribution is -2.65. The second-order valence-corrected chi connectivity index (χ2v) is 1.64. The average molecular weight is 111 g/mol. The van der Waals surface area contributed by atoms with Gasteiger partial charge in [-0.05, 0) is 0 Å². The predicted molar refractivity (Wildman–Crippen MR) is 25.5 cm³/mol. The molecule has 2 atom stereocenters. The zero-order valence-corrected chi connectivity index (χ0v) is 4.09. The molecule has 4 heteroatoms. The van der Waals surface area contributed by atoms with Gasteiger partial charge in [0.2, 0.25) is 5.91 Å². The Morgan fingerprint density at radius 2 is 2.50 bits per heavy atom. The fraction of sp³-hybridized carbons (Fsp3) is 0.500. The van der Waals surface area contributed by atoms with E-state index in [1.54, 1.807) is 0 Å². The summed E-state index contributed by atoms with van der Waals surface area (Å²) in [5, 5.41) is 10.4. The van der Waals surface area contributed by atoms with Crippen molar-refractivity contribution in [2.75, 3.05) is 0 Å². The summed E-state index contributed by atoms with van der Waals surface area (Å²) >= 11 is 0. The van der Waals surface area contributed by atoms with Gasteiger partial charge in [-0.25, -0.2) is 0 Å². The lowest BCUT2D eigenvalue weighted by Gasteiger charge is -2.27. The molecular weight excluding hydrogens is 106 g/mol. The first kappa shape index (κ1) is 5.06. The van der Waals surface area contributed by atoms with Crippen LogP contribution in [0.2, 0.25) is 0 Å². The molecule has 0 aromatic rings. The summed E-state index contributed by atoms with van der Waals surface area (Å²) in [5.41, 5.74) is 5.14. The van der Waals surface area contributed by atoms with E-state index in [2.05, 4.69) is 5.32 Å². The smallest absolute Gasteiger partial charge is 0.241 e. The molecular formula is C4H5N3O. The third-order valence-corrected chi connectivity index (χ3v) is 1.10. The molecule has 1 heterocycles. The number of carbonyl (C=O) groups is 1. The van der Waals surface area contributed by atoms with Crippen molar-refractivity contribution in [2.24, 2.45) is 5.73 Å². The van der Waals surface area contributed by atoms with Gasteiger partial charge >= 0.3 is 0 Å². The molecule has 0 radical (unpaired) electrons. The van der Waals surface area contributed by atoms with Crippen LogP contribution in [0.15, 0.2) is 0 Å². The number of nitriles is 1. The molecule has 0 aliphatic carbocycles. The van der Waals surface area contributed by atoms with E-state index in [-0.39, 0.29) is 5.91 Å². The number of β-lactam (4-membered cyclic amide) rings is 1. The quantitative estimate of drug-likeness (QED) is 0.367. The third kappa shape index (κ3) is 0.453. The largest absolute Gasteiger partial charge is 0.337 e. The maximum absolute atomic E-state index is 10.2. The SMILES string of the molecule is N#C[C@@H]1NC(=O)[C@@H]1N. The van der Waals surface area contributed by atoms with Crippen LogP contribution in [0.1, 0.15) is 0 Å². The van der Waals surface area contributed by atoms with E-state index in [0.717, 1.165) is 0 Å². The average Bonchev–Trinajstić information content (AvgIpc) is 1.81. The number of hydrogen-bond donors (Lipinski definition) is 2. The van der Waals surface area contributed by atoms with Crippen molar-refractivity contribution < 1.29 is 4.79 Å². The van der Waals surface area contributed by atoms with Gasteiger partial charge in [0.25, 0.3) is 0 Å². The molecule has 0 unspecified atom stereocenters. The molecule has 0 saturated carbocycles. The van der Waals surface area contributed by atoms with Gasteiger partial charge in [-0.2, -0.15) is 5.26 Å². The highest BCUT2D eigenvalue weighted by Crippen LogP contribution is 1.99. The number of nitrogens with one attached hydrogen (secondary N) is 1.